The number of unbranched alkanes of at least 4 members (excludes halogenated alkanes) is 2. The third kappa shape index (κ3) is 11.7. The van der Waals surface area contributed by atoms with Gasteiger partial charge in [-0.15, -0.1) is 11.3 Å². The van der Waals surface area contributed by atoms with E-state index in [9.17, 15) is 19.2 Å². The van der Waals surface area contributed by atoms with Gasteiger partial charge in [0.25, 0.3) is 0 Å². The number of nitrogens with one attached hydrogen (secondary N) is 1. The van der Waals surface area contributed by atoms with Crippen molar-refractivity contribution in [2.24, 2.45) is 0 Å². The molecule has 200 valence electrons. The topological polar surface area (TPSA) is 137 Å². The van der Waals surface area contributed by atoms with Gasteiger partial charge in [0.15, 0.2) is 0 Å². The fraction of sp³-hybridized carbons (Fsp3) is 0.250. The van der Waals surface area contributed by atoms with Crippen LogP contribution in [-0.4, -0.2) is 57.3 Å². The van der Waals surface area contributed by atoms with Gasteiger partial charge in [-0.25, -0.2) is 14.6 Å². The summed E-state index contributed by atoms with van der Waals surface area (Å²) in [5, 5.41) is 20.3. The molecular formula is C28H31N3O6S. The van der Waals surface area contributed by atoms with Gasteiger partial charge < -0.3 is 20.4 Å². The summed E-state index contributed by atoms with van der Waals surface area (Å²) in [5.41, 5.74) is 1.73. The van der Waals surface area contributed by atoms with Crippen molar-refractivity contribution < 1.29 is 29.4 Å². The number of hydrogen-bond acceptors (Lipinski definition) is 7. The maximum absolute atomic E-state index is 12.6. The summed E-state index contributed by atoms with van der Waals surface area (Å²) in [7, 11) is 2.12. The monoisotopic (exact) mass is 537 g/mol. The SMILES string of the molecule is CN(CCCCCC(=O)Nc1ncccc1C(=O)c1cccs1)Cc1ccccc1.O=C(O)C=CC(=O)O. The molecular weight excluding hydrogens is 506 g/mol. The van der Waals surface area contributed by atoms with Crippen LogP contribution in [0.5, 0.6) is 0 Å². The smallest absolute Gasteiger partial charge is 0.328 e. The van der Waals surface area contributed by atoms with E-state index in [1.165, 1.54) is 16.9 Å². The number of anilines is 1. The number of carboxylic acids is 2. The van der Waals surface area contributed by atoms with Gasteiger partial charge in [-0.05, 0) is 55.6 Å². The highest BCUT2D eigenvalue weighted by atomic mass is 32.1. The Kier molecular flexibility index (Phi) is 13.1. The average molecular weight is 538 g/mol. The number of aromatic nitrogens is 1. The highest BCUT2D eigenvalue weighted by Crippen LogP contribution is 2.20. The van der Waals surface area contributed by atoms with E-state index in [1.807, 2.05) is 17.5 Å². The number of carbonyl (C=O) groups is 4. The quantitative estimate of drug-likeness (QED) is 0.162. The van der Waals surface area contributed by atoms with Gasteiger partial charge in [0.05, 0.1) is 10.4 Å². The molecule has 0 bridgehead atoms. The minimum Gasteiger partial charge on any atom is -0.478 e. The van der Waals surface area contributed by atoms with Crippen LogP contribution in [0.15, 0.2) is 78.3 Å². The number of rotatable bonds is 13. The molecule has 3 rings (SSSR count). The lowest BCUT2D eigenvalue weighted by Crippen LogP contribution is -2.19. The summed E-state index contributed by atoms with van der Waals surface area (Å²) in [4.78, 5) is 51.2. The Morgan fingerprint density at radius 1 is 0.921 bits per heavy atom. The van der Waals surface area contributed by atoms with Crippen molar-refractivity contribution in [3.05, 3.63) is 94.3 Å². The molecule has 38 heavy (non-hydrogen) atoms. The molecule has 0 spiro atoms. The van der Waals surface area contributed by atoms with Gasteiger partial charge in [0, 0.05) is 31.3 Å². The molecule has 2 aromatic heterocycles. The van der Waals surface area contributed by atoms with Crippen molar-refractivity contribution in [1.29, 1.82) is 0 Å². The third-order valence-corrected chi connectivity index (χ3v) is 6.03. The molecule has 0 saturated heterocycles. The maximum Gasteiger partial charge on any atom is 0.328 e. The highest BCUT2D eigenvalue weighted by Gasteiger charge is 2.16. The average Bonchev–Trinajstić information content (AvgIpc) is 3.43. The van der Waals surface area contributed by atoms with E-state index in [0.29, 0.717) is 34.8 Å². The Labute approximate surface area is 225 Å². The van der Waals surface area contributed by atoms with Crippen LogP contribution in [0.1, 0.15) is 46.5 Å². The van der Waals surface area contributed by atoms with E-state index in [1.54, 1.807) is 24.4 Å². The Morgan fingerprint density at radius 2 is 1.63 bits per heavy atom. The van der Waals surface area contributed by atoms with Crippen LogP contribution < -0.4 is 5.32 Å². The number of ketones is 1. The minimum absolute atomic E-state index is 0.105. The van der Waals surface area contributed by atoms with E-state index in [2.05, 4.69) is 46.5 Å². The minimum atomic E-state index is -1.26. The molecule has 0 aliphatic heterocycles. The second-order valence-corrected chi connectivity index (χ2v) is 9.25. The molecule has 0 atom stereocenters. The first-order chi connectivity index (χ1) is 18.3. The first-order valence-corrected chi connectivity index (χ1v) is 12.8. The van der Waals surface area contributed by atoms with Crippen LogP contribution in [0.25, 0.3) is 0 Å². The lowest BCUT2D eigenvalue weighted by Gasteiger charge is -2.16. The molecule has 10 heteroatoms. The molecule has 0 aliphatic carbocycles. The van der Waals surface area contributed by atoms with Crippen LogP contribution >= 0.6 is 11.3 Å². The summed E-state index contributed by atoms with van der Waals surface area (Å²) in [6, 6.07) is 17.4. The normalized spacial score (nSPS) is 10.6. The fourth-order valence-corrected chi connectivity index (χ4v) is 4.06. The van der Waals surface area contributed by atoms with Crippen LogP contribution in [0.3, 0.4) is 0 Å². The number of thiophene rings is 1. The van der Waals surface area contributed by atoms with Crippen LogP contribution in [0.2, 0.25) is 0 Å². The van der Waals surface area contributed by atoms with Gasteiger partial charge in [0.1, 0.15) is 5.82 Å². The zero-order valence-electron chi connectivity index (χ0n) is 21.1. The van der Waals surface area contributed by atoms with Crippen molar-refractivity contribution >= 4 is 40.8 Å². The summed E-state index contributed by atoms with van der Waals surface area (Å²) >= 11 is 1.38. The van der Waals surface area contributed by atoms with Crippen molar-refractivity contribution in [2.45, 2.75) is 32.2 Å². The van der Waals surface area contributed by atoms with Crippen molar-refractivity contribution in [2.75, 3.05) is 18.9 Å². The summed E-state index contributed by atoms with van der Waals surface area (Å²) < 4.78 is 0. The van der Waals surface area contributed by atoms with Gasteiger partial charge in [-0.3, -0.25) is 9.59 Å². The highest BCUT2D eigenvalue weighted by molar-refractivity contribution is 7.12. The first-order valence-electron chi connectivity index (χ1n) is 12.0. The molecule has 1 aromatic carbocycles. The molecule has 0 unspecified atom stereocenters. The van der Waals surface area contributed by atoms with Crippen LogP contribution in [0.4, 0.5) is 5.82 Å². The van der Waals surface area contributed by atoms with Gasteiger partial charge in [-0.2, -0.15) is 0 Å². The molecule has 9 nitrogen and oxygen atoms in total. The van der Waals surface area contributed by atoms with E-state index in [-0.39, 0.29) is 11.7 Å². The molecule has 0 aliphatic rings. The van der Waals surface area contributed by atoms with Crippen molar-refractivity contribution in [3.63, 3.8) is 0 Å². The number of nitrogens with zero attached hydrogens (tertiary/aromatic N) is 2. The molecule has 2 heterocycles. The van der Waals surface area contributed by atoms with Gasteiger partial charge in [-0.1, -0.05) is 42.8 Å². The third-order valence-electron chi connectivity index (χ3n) is 5.16. The van der Waals surface area contributed by atoms with Gasteiger partial charge in [0.2, 0.25) is 11.7 Å². The van der Waals surface area contributed by atoms with E-state index in [4.69, 9.17) is 10.2 Å². The second kappa shape index (κ2) is 16.6. The predicted octanol–water partition coefficient (Wildman–Crippen LogP) is 4.72. The zero-order chi connectivity index (χ0) is 27.8. The van der Waals surface area contributed by atoms with E-state index < -0.39 is 11.9 Å². The van der Waals surface area contributed by atoms with Crippen LogP contribution in [-0.2, 0) is 20.9 Å². The molecule has 0 radical (unpaired) electrons. The standard InChI is InChI=1S/C24H27N3O2S.C4H4O4/c1-27(18-19-10-4-2-5-11-19)16-7-3-6-14-22(28)26-24-20(12-8-15-25-24)23(29)21-13-9-17-30-21;5-3(6)1-2-4(7)8/h2,4-5,8-13,15,17H,3,6-7,14,16,18H2,1H3,(H,25,26,28);1-2H,(H,5,6)(H,7,8). The Balaban J connectivity index is 0.000000550. The number of benzene rings is 1. The number of aliphatic carboxylic acids is 2. The van der Waals surface area contributed by atoms with Crippen molar-refractivity contribution in [3.8, 4) is 0 Å². The lowest BCUT2D eigenvalue weighted by atomic mass is 10.1. The Morgan fingerprint density at radius 3 is 2.26 bits per heavy atom. The predicted molar refractivity (Wildman–Crippen MR) is 146 cm³/mol. The summed E-state index contributed by atoms with van der Waals surface area (Å²) in [6.45, 7) is 1.93. The second-order valence-electron chi connectivity index (χ2n) is 8.30. The summed E-state index contributed by atoms with van der Waals surface area (Å²) in [6.07, 6.45) is 5.96. The maximum atomic E-state index is 12.6. The molecule has 3 N–H and O–H groups in total. The fourth-order valence-electron chi connectivity index (χ4n) is 3.38. The van der Waals surface area contributed by atoms with Gasteiger partial charge >= 0.3 is 11.9 Å². The first kappa shape index (κ1) is 30.1. The molecule has 3 aromatic rings. The molecule has 0 saturated carbocycles. The molecule has 0 fully saturated rings. The number of carbonyl (C=O) groups excluding carboxylic acids is 2. The lowest BCUT2D eigenvalue weighted by molar-refractivity contribution is -0.134. The Bertz CT molecular complexity index is 1200. The van der Waals surface area contributed by atoms with Crippen molar-refractivity contribution in [1.82, 2.24) is 9.88 Å². The van der Waals surface area contributed by atoms with E-state index >= 15 is 0 Å². The Hall–Kier alpha value is -4.15. The zero-order valence-corrected chi connectivity index (χ0v) is 21.9. The van der Waals surface area contributed by atoms with E-state index in [0.717, 1.165) is 32.4 Å². The number of hydrogen-bond donors (Lipinski definition) is 3. The largest absolute Gasteiger partial charge is 0.478 e. The molecule has 1 amide bonds. The number of amides is 1. The number of carboxylic acid groups (broad SMARTS) is 2. The summed E-state index contributed by atoms with van der Waals surface area (Å²) in [5.74, 6) is -2.40. The van der Waals surface area contributed by atoms with Crippen LogP contribution in [0, 0.1) is 0 Å². The number of pyridine rings is 1.